The van der Waals surface area contributed by atoms with Gasteiger partial charge < -0.3 is 10.8 Å². The molecule has 4 heteroatoms. The van der Waals surface area contributed by atoms with Crippen LogP contribution in [-0.4, -0.2) is 11.2 Å². The van der Waals surface area contributed by atoms with E-state index in [1.807, 2.05) is 0 Å². The largest absolute Gasteiger partial charge is 0.393 e. The van der Waals surface area contributed by atoms with Crippen molar-refractivity contribution in [2.45, 2.75) is 31.9 Å². The van der Waals surface area contributed by atoms with E-state index in [-0.39, 0.29) is 23.1 Å². The van der Waals surface area contributed by atoms with Crippen LogP contribution in [0.25, 0.3) is 0 Å². The summed E-state index contributed by atoms with van der Waals surface area (Å²) in [5.41, 5.74) is 6.35. The zero-order valence-corrected chi connectivity index (χ0v) is 9.08. The Morgan fingerprint density at radius 2 is 1.94 bits per heavy atom. The fourth-order valence-corrected chi connectivity index (χ4v) is 2.09. The van der Waals surface area contributed by atoms with Gasteiger partial charge in [-0.2, -0.15) is 0 Å². The van der Waals surface area contributed by atoms with Crippen molar-refractivity contribution in [2.24, 2.45) is 11.7 Å². The van der Waals surface area contributed by atoms with Gasteiger partial charge in [-0.3, -0.25) is 0 Å². The number of aryl methyl sites for hydroxylation is 1. The van der Waals surface area contributed by atoms with Crippen LogP contribution in [0.15, 0.2) is 12.1 Å². The van der Waals surface area contributed by atoms with E-state index in [0.717, 1.165) is 0 Å². The van der Waals surface area contributed by atoms with Crippen LogP contribution in [0.4, 0.5) is 8.78 Å². The number of aliphatic hydroxyl groups is 1. The van der Waals surface area contributed by atoms with Crippen LogP contribution in [0.3, 0.4) is 0 Å². The van der Waals surface area contributed by atoms with E-state index >= 15 is 0 Å². The lowest BCUT2D eigenvalue weighted by Crippen LogP contribution is -2.36. The summed E-state index contributed by atoms with van der Waals surface area (Å²) in [4.78, 5) is 0. The average Bonchev–Trinajstić information content (AvgIpc) is 2.18. The molecule has 0 amide bonds. The highest BCUT2D eigenvalue weighted by molar-refractivity contribution is 5.28. The molecule has 1 aromatic rings. The van der Waals surface area contributed by atoms with Crippen LogP contribution in [0.2, 0.25) is 0 Å². The Hall–Kier alpha value is -1.00. The Morgan fingerprint density at radius 3 is 2.50 bits per heavy atom. The predicted octanol–water partition coefficient (Wildman–Crippen LogP) is 2.04. The maximum atomic E-state index is 13.6. The van der Waals surface area contributed by atoms with Gasteiger partial charge in [0.2, 0.25) is 0 Å². The molecule has 1 aromatic carbocycles. The molecule has 1 aliphatic rings. The van der Waals surface area contributed by atoms with E-state index in [0.29, 0.717) is 12.8 Å². The van der Waals surface area contributed by atoms with Crippen molar-refractivity contribution in [3.05, 3.63) is 34.9 Å². The number of rotatable bonds is 2. The number of hydrogen-bond donors (Lipinski definition) is 2. The predicted molar refractivity (Wildman–Crippen MR) is 56.8 cm³/mol. The van der Waals surface area contributed by atoms with E-state index < -0.39 is 17.7 Å². The van der Waals surface area contributed by atoms with Crippen LogP contribution in [0.1, 0.15) is 30.0 Å². The van der Waals surface area contributed by atoms with Crippen LogP contribution >= 0.6 is 0 Å². The van der Waals surface area contributed by atoms with Crippen molar-refractivity contribution < 1.29 is 13.9 Å². The Bertz CT molecular complexity index is 402. The number of hydrogen-bond acceptors (Lipinski definition) is 2. The quantitative estimate of drug-likeness (QED) is 0.812. The zero-order valence-electron chi connectivity index (χ0n) is 9.08. The summed E-state index contributed by atoms with van der Waals surface area (Å²) >= 11 is 0. The van der Waals surface area contributed by atoms with Crippen molar-refractivity contribution >= 4 is 0 Å². The van der Waals surface area contributed by atoms with Gasteiger partial charge in [0.25, 0.3) is 0 Å². The molecule has 2 nitrogen and oxygen atoms in total. The lowest BCUT2D eigenvalue weighted by molar-refractivity contribution is 0.0302. The van der Waals surface area contributed by atoms with E-state index in [2.05, 4.69) is 0 Å². The number of benzene rings is 1. The fraction of sp³-hybridized carbons (Fsp3) is 0.500. The van der Waals surface area contributed by atoms with Crippen molar-refractivity contribution in [3.63, 3.8) is 0 Å². The molecule has 88 valence electrons. The molecule has 0 unspecified atom stereocenters. The molecule has 1 saturated carbocycles. The first kappa shape index (κ1) is 11.5. The normalized spacial score (nSPS) is 26.3. The first-order valence-corrected chi connectivity index (χ1v) is 5.38. The second-order valence-electron chi connectivity index (χ2n) is 4.53. The topological polar surface area (TPSA) is 46.2 Å². The zero-order chi connectivity index (χ0) is 11.9. The number of nitrogens with two attached hydrogens (primary N) is 1. The maximum absolute atomic E-state index is 13.6. The molecule has 0 saturated heterocycles. The first-order chi connectivity index (χ1) is 7.49. The van der Waals surface area contributed by atoms with Crippen LogP contribution < -0.4 is 5.73 Å². The van der Waals surface area contributed by atoms with Crippen LogP contribution in [0.5, 0.6) is 0 Å². The first-order valence-electron chi connectivity index (χ1n) is 5.38. The van der Waals surface area contributed by atoms with Crippen molar-refractivity contribution in [2.75, 3.05) is 0 Å². The molecule has 0 aliphatic heterocycles. The average molecular weight is 227 g/mol. The second kappa shape index (κ2) is 4.11. The molecule has 0 radical (unpaired) electrons. The highest BCUT2D eigenvalue weighted by Gasteiger charge is 2.34. The standard InChI is InChI=1S/C12H15F2NO/c1-6-2-11(14)9(5-10(6)13)12(15)7-3-8(16)4-7/h2,5,7-8,12,16H,3-4,15H2,1H3/t7?,8?,12-/m1/s1. The van der Waals surface area contributed by atoms with E-state index in [1.54, 1.807) is 0 Å². The summed E-state index contributed by atoms with van der Waals surface area (Å²) in [6, 6.07) is 1.80. The molecule has 0 spiro atoms. The minimum absolute atomic E-state index is 0.0478. The van der Waals surface area contributed by atoms with Gasteiger partial charge >= 0.3 is 0 Å². The van der Waals surface area contributed by atoms with Gasteiger partial charge in [0, 0.05) is 11.6 Å². The van der Waals surface area contributed by atoms with E-state index in [1.165, 1.54) is 19.1 Å². The summed E-state index contributed by atoms with van der Waals surface area (Å²) < 4.78 is 26.9. The Balaban J connectivity index is 2.23. The molecule has 1 fully saturated rings. The minimum Gasteiger partial charge on any atom is -0.393 e. The highest BCUT2D eigenvalue weighted by Crippen LogP contribution is 2.37. The molecule has 0 heterocycles. The van der Waals surface area contributed by atoms with Gasteiger partial charge in [0.1, 0.15) is 11.6 Å². The Labute approximate surface area is 93.1 Å². The summed E-state index contributed by atoms with van der Waals surface area (Å²) in [7, 11) is 0. The van der Waals surface area contributed by atoms with Gasteiger partial charge in [-0.1, -0.05) is 0 Å². The third kappa shape index (κ3) is 1.95. The van der Waals surface area contributed by atoms with Crippen LogP contribution in [0, 0.1) is 24.5 Å². The Morgan fingerprint density at radius 1 is 1.31 bits per heavy atom. The van der Waals surface area contributed by atoms with E-state index in [4.69, 9.17) is 10.8 Å². The molecular formula is C12H15F2NO. The molecule has 0 bridgehead atoms. The third-order valence-electron chi connectivity index (χ3n) is 3.29. The summed E-state index contributed by atoms with van der Waals surface area (Å²) in [5, 5.41) is 9.16. The third-order valence-corrected chi connectivity index (χ3v) is 3.29. The molecule has 1 atom stereocenters. The molecule has 0 aromatic heterocycles. The lowest BCUT2D eigenvalue weighted by atomic mass is 9.75. The highest BCUT2D eigenvalue weighted by atomic mass is 19.1. The summed E-state index contributed by atoms with van der Waals surface area (Å²) in [6.45, 7) is 1.51. The number of aliphatic hydroxyl groups excluding tert-OH is 1. The fourth-order valence-electron chi connectivity index (χ4n) is 2.09. The second-order valence-corrected chi connectivity index (χ2v) is 4.53. The van der Waals surface area contributed by atoms with Crippen LogP contribution in [-0.2, 0) is 0 Å². The Kier molecular flexibility index (Phi) is 2.95. The molecule has 1 aliphatic carbocycles. The monoisotopic (exact) mass is 227 g/mol. The van der Waals surface area contributed by atoms with E-state index in [9.17, 15) is 8.78 Å². The van der Waals surface area contributed by atoms with Crippen molar-refractivity contribution in [3.8, 4) is 0 Å². The van der Waals surface area contributed by atoms with Gasteiger partial charge in [-0.25, -0.2) is 8.78 Å². The minimum atomic E-state index is -0.529. The van der Waals surface area contributed by atoms with Gasteiger partial charge in [-0.05, 0) is 43.4 Å². The summed E-state index contributed by atoms with van der Waals surface area (Å²) in [6.07, 6.45) is 0.793. The smallest absolute Gasteiger partial charge is 0.128 e. The maximum Gasteiger partial charge on any atom is 0.128 e. The lowest BCUT2D eigenvalue weighted by Gasteiger charge is -2.36. The van der Waals surface area contributed by atoms with Gasteiger partial charge in [0.05, 0.1) is 6.10 Å². The van der Waals surface area contributed by atoms with Crippen molar-refractivity contribution in [1.29, 1.82) is 0 Å². The SMILES string of the molecule is Cc1cc(F)c([C@H](N)C2CC(O)C2)cc1F. The molecule has 2 rings (SSSR count). The van der Waals surface area contributed by atoms with Gasteiger partial charge in [0.15, 0.2) is 0 Å². The molecule has 3 N–H and O–H groups in total. The number of halogens is 2. The molecular weight excluding hydrogens is 212 g/mol. The molecule has 16 heavy (non-hydrogen) atoms. The van der Waals surface area contributed by atoms with Crippen molar-refractivity contribution in [1.82, 2.24) is 0 Å². The van der Waals surface area contributed by atoms with Gasteiger partial charge in [-0.15, -0.1) is 0 Å². The summed E-state index contributed by atoms with van der Waals surface area (Å²) in [5.74, 6) is -0.855.